The van der Waals surface area contributed by atoms with Gasteiger partial charge in [-0.3, -0.25) is 19.4 Å². The van der Waals surface area contributed by atoms with Crippen LogP contribution in [0.5, 0.6) is 5.75 Å². The predicted octanol–water partition coefficient (Wildman–Crippen LogP) is 7.31. The van der Waals surface area contributed by atoms with Crippen LogP contribution in [0, 0.1) is 17.7 Å². The Kier molecular flexibility index (Phi) is 8.51. The molecular formula is C36H38Cl2FN3O4. The number of ether oxygens (including phenoxy) is 1. The van der Waals surface area contributed by atoms with Crippen LogP contribution in [0.1, 0.15) is 61.6 Å². The van der Waals surface area contributed by atoms with Crippen molar-refractivity contribution in [1.29, 1.82) is 0 Å². The van der Waals surface area contributed by atoms with Gasteiger partial charge >= 0.3 is 5.97 Å². The van der Waals surface area contributed by atoms with Crippen LogP contribution < -0.4 is 10.1 Å². The van der Waals surface area contributed by atoms with Crippen molar-refractivity contribution in [3.63, 3.8) is 0 Å². The molecule has 0 radical (unpaired) electrons. The zero-order valence-electron chi connectivity index (χ0n) is 25.7. The van der Waals surface area contributed by atoms with E-state index in [1.54, 1.807) is 30.3 Å². The van der Waals surface area contributed by atoms with Gasteiger partial charge in [0.15, 0.2) is 0 Å². The van der Waals surface area contributed by atoms with E-state index in [-0.39, 0.29) is 28.9 Å². The van der Waals surface area contributed by atoms with Gasteiger partial charge in [-0.1, -0.05) is 53.5 Å². The molecule has 1 amide bonds. The van der Waals surface area contributed by atoms with Crippen molar-refractivity contribution in [2.45, 2.75) is 69.1 Å². The van der Waals surface area contributed by atoms with Crippen LogP contribution in [0.3, 0.4) is 0 Å². The van der Waals surface area contributed by atoms with Gasteiger partial charge in [0, 0.05) is 53.9 Å². The maximum atomic E-state index is 16.3. The van der Waals surface area contributed by atoms with Crippen molar-refractivity contribution in [2.24, 2.45) is 11.8 Å². The normalized spacial score (nSPS) is 29.1. The number of anilines is 1. The minimum Gasteiger partial charge on any atom is -0.494 e. The summed E-state index contributed by atoms with van der Waals surface area (Å²) in [6.07, 6.45) is 3.80. The first-order valence-corrected chi connectivity index (χ1v) is 17.0. The number of fused-ring (bicyclic) bond motifs is 3. The third kappa shape index (κ3) is 5.18. The Bertz CT molecular complexity index is 1660. The van der Waals surface area contributed by atoms with E-state index in [0.29, 0.717) is 48.2 Å². The lowest BCUT2D eigenvalue weighted by Crippen LogP contribution is -2.52. The van der Waals surface area contributed by atoms with Crippen molar-refractivity contribution in [3.8, 4) is 5.75 Å². The summed E-state index contributed by atoms with van der Waals surface area (Å²) in [6.45, 7) is 4.51. The van der Waals surface area contributed by atoms with Crippen molar-refractivity contribution in [2.75, 3.05) is 25.0 Å². The molecule has 1 aliphatic carbocycles. The number of hydrogen-bond acceptors (Lipinski definition) is 5. The minimum absolute atomic E-state index is 0.0262. The van der Waals surface area contributed by atoms with Crippen molar-refractivity contribution in [3.05, 3.63) is 93.2 Å². The van der Waals surface area contributed by atoms with Gasteiger partial charge in [-0.2, -0.15) is 0 Å². The van der Waals surface area contributed by atoms with Crippen LogP contribution in [0.25, 0.3) is 0 Å². The summed E-state index contributed by atoms with van der Waals surface area (Å²) >= 11 is 12.9. The lowest BCUT2D eigenvalue weighted by molar-refractivity contribution is -0.143. The maximum absolute atomic E-state index is 16.3. The Balaban J connectivity index is 1.37. The molecular weight excluding hydrogens is 628 g/mol. The standard InChI is InChI=1S/C36H38Cl2FN3O4/c1-2-46-25-6-3-5-22(17-25)20-42-30-15-16-41(19-21-9-11-23(12-10-21)34(43)44)33(30)31(26-7-4-8-28(38)32(26)39)36(42)27-14-13-24(37)18-29(27)40-35(36)45/h3-8,13-14,17-18,21,23,30-31,33H,2,9-12,15-16,19-20H2,1H3,(H,40,45)(H,43,44)/t21?,23?,30-,31-,33+,36+/m0/s1. The highest BCUT2D eigenvalue weighted by atomic mass is 35.5. The molecule has 3 aromatic carbocycles. The van der Waals surface area contributed by atoms with Crippen molar-refractivity contribution >= 4 is 40.8 Å². The molecule has 46 heavy (non-hydrogen) atoms. The molecule has 7 nitrogen and oxygen atoms in total. The highest BCUT2D eigenvalue weighted by Gasteiger charge is 2.69. The second-order valence-electron chi connectivity index (χ2n) is 13.1. The number of aliphatic carboxylic acids is 1. The van der Waals surface area contributed by atoms with Gasteiger partial charge in [0.25, 0.3) is 0 Å². The highest BCUT2D eigenvalue weighted by molar-refractivity contribution is 6.31. The number of nitrogens with one attached hydrogen (secondary N) is 1. The van der Waals surface area contributed by atoms with Gasteiger partial charge in [0.05, 0.1) is 17.5 Å². The smallest absolute Gasteiger partial charge is 0.306 e. The molecule has 3 heterocycles. The van der Waals surface area contributed by atoms with Crippen LogP contribution in [0.15, 0.2) is 60.7 Å². The largest absolute Gasteiger partial charge is 0.494 e. The number of carbonyl (C=O) groups excluding carboxylic acids is 1. The Morgan fingerprint density at radius 3 is 2.61 bits per heavy atom. The second kappa shape index (κ2) is 12.5. The molecule has 4 atom stereocenters. The van der Waals surface area contributed by atoms with Crippen LogP contribution in [-0.4, -0.2) is 58.6 Å². The van der Waals surface area contributed by atoms with Gasteiger partial charge in [-0.15, -0.1) is 0 Å². The number of rotatable bonds is 8. The van der Waals surface area contributed by atoms with Gasteiger partial charge in [-0.05, 0) is 86.4 Å². The number of benzene rings is 3. The average molecular weight is 667 g/mol. The summed E-state index contributed by atoms with van der Waals surface area (Å²) < 4.78 is 22.1. The Morgan fingerprint density at radius 1 is 1.07 bits per heavy atom. The maximum Gasteiger partial charge on any atom is 0.306 e. The van der Waals surface area contributed by atoms with Gasteiger partial charge in [0.1, 0.15) is 17.1 Å². The molecule has 1 spiro atoms. The van der Waals surface area contributed by atoms with Gasteiger partial charge in [-0.25, -0.2) is 4.39 Å². The molecule has 0 bridgehead atoms. The molecule has 0 unspecified atom stereocenters. The van der Waals surface area contributed by atoms with E-state index < -0.39 is 23.2 Å². The summed E-state index contributed by atoms with van der Waals surface area (Å²) in [6, 6.07) is 18.3. The average Bonchev–Trinajstić information content (AvgIpc) is 3.65. The van der Waals surface area contributed by atoms with Crippen molar-refractivity contribution in [1.82, 2.24) is 9.80 Å². The second-order valence-corrected chi connectivity index (χ2v) is 14.0. The summed E-state index contributed by atoms with van der Waals surface area (Å²) in [5.41, 5.74) is 1.60. The molecule has 10 heteroatoms. The van der Waals surface area contributed by atoms with E-state index in [9.17, 15) is 14.7 Å². The number of likely N-dealkylation sites (tertiary alicyclic amines) is 2. The first kappa shape index (κ1) is 31.4. The quantitative estimate of drug-likeness (QED) is 0.263. The summed E-state index contributed by atoms with van der Waals surface area (Å²) in [7, 11) is 0. The molecule has 4 aliphatic rings. The highest BCUT2D eigenvalue weighted by Crippen LogP contribution is 2.61. The Hall–Kier alpha value is -3.17. The fourth-order valence-electron chi connectivity index (χ4n) is 8.85. The number of amides is 1. The van der Waals surface area contributed by atoms with E-state index in [1.165, 1.54) is 0 Å². The number of carboxylic acid groups (broad SMARTS) is 1. The van der Waals surface area contributed by atoms with Crippen LogP contribution in [0.2, 0.25) is 10.0 Å². The third-order valence-corrected chi connectivity index (χ3v) is 11.3. The molecule has 3 aromatic rings. The zero-order valence-corrected chi connectivity index (χ0v) is 27.2. The van der Waals surface area contributed by atoms with Gasteiger partial charge < -0.3 is 15.2 Å². The monoisotopic (exact) mass is 665 g/mol. The first-order chi connectivity index (χ1) is 22.2. The zero-order chi connectivity index (χ0) is 32.2. The number of hydrogen-bond donors (Lipinski definition) is 2. The number of nitrogens with zero attached hydrogens (tertiary/aromatic N) is 2. The summed E-state index contributed by atoms with van der Waals surface area (Å²) in [5.74, 6) is -1.21. The minimum atomic E-state index is -1.23. The number of carboxylic acids is 1. The van der Waals surface area contributed by atoms with E-state index in [1.807, 2.05) is 37.3 Å². The van der Waals surface area contributed by atoms with Crippen LogP contribution in [-0.2, 0) is 21.7 Å². The molecule has 7 rings (SSSR count). The number of carbonyl (C=O) groups is 2. The lowest BCUT2D eigenvalue weighted by atomic mass is 9.73. The fraction of sp³-hybridized carbons (Fsp3) is 0.444. The summed E-state index contributed by atoms with van der Waals surface area (Å²) in [5, 5.41) is 13.2. The SMILES string of the molecule is CCOc1cccc(CN2[C@H]3CCN(CC4CCC(C(=O)O)CC4)[C@H]3[C@H](c3cccc(Cl)c3F)[C@]23C(=O)Nc2cc(Cl)ccc23)c1. The Labute approximate surface area is 278 Å². The van der Waals surface area contributed by atoms with E-state index >= 15 is 4.39 Å². The van der Waals surface area contributed by atoms with E-state index in [4.69, 9.17) is 27.9 Å². The predicted molar refractivity (Wildman–Crippen MR) is 176 cm³/mol. The van der Waals surface area contributed by atoms with Crippen molar-refractivity contribution < 1.29 is 23.8 Å². The molecule has 2 saturated heterocycles. The Morgan fingerprint density at radius 2 is 1.85 bits per heavy atom. The first-order valence-electron chi connectivity index (χ1n) is 16.2. The van der Waals surface area contributed by atoms with Crippen LogP contribution in [0.4, 0.5) is 10.1 Å². The third-order valence-electron chi connectivity index (χ3n) is 10.7. The molecule has 0 aromatic heterocycles. The molecule has 1 saturated carbocycles. The molecule has 2 N–H and O–H groups in total. The topological polar surface area (TPSA) is 82.1 Å². The fourth-order valence-corrected chi connectivity index (χ4v) is 9.21. The lowest BCUT2D eigenvalue weighted by Gasteiger charge is -2.41. The molecule has 3 fully saturated rings. The van der Waals surface area contributed by atoms with E-state index in [0.717, 1.165) is 49.2 Å². The molecule has 242 valence electrons. The summed E-state index contributed by atoms with van der Waals surface area (Å²) in [4.78, 5) is 31.1. The van der Waals surface area contributed by atoms with E-state index in [2.05, 4.69) is 15.1 Å². The molecule has 3 aliphatic heterocycles. The van der Waals surface area contributed by atoms with Crippen LogP contribution >= 0.6 is 23.2 Å². The van der Waals surface area contributed by atoms with Gasteiger partial charge in [0.2, 0.25) is 5.91 Å². The number of halogens is 3.